The lowest BCUT2D eigenvalue weighted by Gasteiger charge is -2.07. The maximum Gasteiger partial charge on any atom is 0.150 e. The lowest BCUT2D eigenvalue weighted by atomic mass is 10.3. The van der Waals surface area contributed by atoms with Gasteiger partial charge in [0.2, 0.25) is 0 Å². The van der Waals surface area contributed by atoms with Gasteiger partial charge in [0.15, 0.2) is 0 Å². The van der Waals surface area contributed by atoms with Crippen LogP contribution in [0.15, 0.2) is 18.2 Å². The standard InChI is InChI=1S/C11H15Cl2NO2S/c1-2-17(15,16)7-3-6-14-9-4-5-10(12)11(13)8-9/h4-5,8,14H,2-3,6-7H2,1H3. The molecule has 1 aromatic carbocycles. The third kappa shape index (κ3) is 5.15. The first-order valence-electron chi connectivity index (χ1n) is 5.34. The van der Waals surface area contributed by atoms with Crippen LogP contribution in [0, 0.1) is 0 Å². The van der Waals surface area contributed by atoms with Gasteiger partial charge in [-0.1, -0.05) is 30.1 Å². The minimum absolute atomic E-state index is 0.194. The molecule has 0 aliphatic rings. The van der Waals surface area contributed by atoms with Crippen LogP contribution in [-0.2, 0) is 9.84 Å². The minimum atomic E-state index is -2.88. The third-order valence-electron chi connectivity index (χ3n) is 2.32. The highest BCUT2D eigenvalue weighted by Gasteiger charge is 2.06. The van der Waals surface area contributed by atoms with Crippen LogP contribution in [0.2, 0.25) is 10.0 Å². The minimum Gasteiger partial charge on any atom is -0.385 e. The molecule has 96 valence electrons. The van der Waals surface area contributed by atoms with Crippen LogP contribution in [0.25, 0.3) is 0 Å². The Morgan fingerprint density at radius 2 is 1.94 bits per heavy atom. The van der Waals surface area contributed by atoms with Crippen molar-refractivity contribution >= 4 is 38.7 Å². The number of sulfone groups is 1. The van der Waals surface area contributed by atoms with Gasteiger partial charge >= 0.3 is 0 Å². The fourth-order valence-electron chi connectivity index (χ4n) is 1.28. The summed E-state index contributed by atoms with van der Waals surface area (Å²) in [5.74, 6) is 0.400. The molecule has 0 saturated carbocycles. The first-order valence-corrected chi connectivity index (χ1v) is 7.91. The molecular formula is C11H15Cl2NO2S. The predicted octanol–water partition coefficient (Wildman–Crippen LogP) is 3.23. The van der Waals surface area contributed by atoms with E-state index < -0.39 is 9.84 Å². The zero-order chi connectivity index (χ0) is 12.9. The van der Waals surface area contributed by atoms with Crippen molar-refractivity contribution in [3.05, 3.63) is 28.2 Å². The number of nitrogens with one attached hydrogen (secondary N) is 1. The van der Waals surface area contributed by atoms with Crippen molar-refractivity contribution in [2.24, 2.45) is 0 Å². The summed E-state index contributed by atoms with van der Waals surface area (Å²) < 4.78 is 22.5. The van der Waals surface area contributed by atoms with E-state index in [9.17, 15) is 8.42 Å². The summed E-state index contributed by atoms with van der Waals surface area (Å²) in [6.07, 6.45) is 0.580. The predicted molar refractivity (Wildman–Crippen MR) is 73.9 cm³/mol. The van der Waals surface area contributed by atoms with Gasteiger partial charge in [-0.05, 0) is 24.6 Å². The van der Waals surface area contributed by atoms with Crippen LogP contribution in [0.1, 0.15) is 13.3 Å². The molecule has 0 bridgehead atoms. The Morgan fingerprint density at radius 3 is 2.53 bits per heavy atom. The van der Waals surface area contributed by atoms with Crippen molar-refractivity contribution in [3.8, 4) is 0 Å². The van der Waals surface area contributed by atoms with Crippen LogP contribution >= 0.6 is 23.2 Å². The van der Waals surface area contributed by atoms with E-state index in [0.29, 0.717) is 23.0 Å². The zero-order valence-corrected chi connectivity index (χ0v) is 11.9. The molecule has 0 aromatic heterocycles. The topological polar surface area (TPSA) is 46.2 Å². The summed E-state index contributed by atoms with van der Waals surface area (Å²) in [6, 6.07) is 5.23. The highest BCUT2D eigenvalue weighted by molar-refractivity contribution is 7.91. The molecule has 0 aliphatic carbocycles. The summed E-state index contributed by atoms with van der Waals surface area (Å²) in [4.78, 5) is 0. The van der Waals surface area contributed by atoms with Gasteiger partial charge in [0, 0.05) is 18.0 Å². The maximum atomic E-state index is 11.2. The van der Waals surface area contributed by atoms with E-state index in [1.54, 1.807) is 19.1 Å². The number of halogens is 2. The van der Waals surface area contributed by atoms with Crippen molar-refractivity contribution in [1.29, 1.82) is 0 Å². The molecule has 17 heavy (non-hydrogen) atoms. The molecule has 0 saturated heterocycles. The van der Waals surface area contributed by atoms with Gasteiger partial charge in [-0.15, -0.1) is 0 Å². The molecule has 0 heterocycles. The number of hydrogen-bond acceptors (Lipinski definition) is 3. The molecule has 0 amide bonds. The van der Waals surface area contributed by atoms with Crippen molar-refractivity contribution in [2.75, 3.05) is 23.4 Å². The highest BCUT2D eigenvalue weighted by Crippen LogP contribution is 2.24. The Balaban J connectivity index is 2.39. The summed E-state index contributed by atoms with van der Waals surface area (Å²) in [5, 5.41) is 4.09. The summed E-state index contributed by atoms with van der Waals surface area (Å²) in [6.45, 7) is 2.25. The van der Waals surface area contributed by atoms with Crippen molar-refractivity contribution in [3.63, 3.8) is 0 Å². The zero-order valence-electron chi connectivity index (χ0n) is 9.54. The number of rotatable bonds is 6. The van der Waals surface area contributed by atoms with Crippen molar-refractivity contribution in [2.45, 2.75) is 13.3 Å². The average Bonchev–Trinajstić information content (AvgIpc) is 2.29. The van der Waals surface area contributed by atoms with Gasteiger partial charge in [0.1, 0.15) is 9.84 Å². The quantitative estimate of drug-likeness (QED) is 0.820. The van der Waals surface area contributed by atoms with Gasteiger partial charge in [-0.3, -0.25) is 0 Å². The molecule has 1 aromatic rings. The molecule has 0 aliphatic heterocycles. The fourth-order valence-corrected chi connectivity index (χ4v) is 2.45. The smallest absolute Gasteiger partial charge is 0.150 e. The van der Waals surface area contributed by atoms with Gasteiger partial charge < -0.3 is 5.32 Å². The molecule has 0 atom stereocenters. The van der Waals surface area contributed by atoms with Gasteiger partial charge in [-0.2, -0.15) is 0 Å². The molecule has 1 N–H and O–H groups in total. The van der Waals surface area contributed by atoms with E-state index >= 15 is 0 Å². The monoisotopic (exact) mass is 295 g/mol. The van der Waals surface area contributed by atoms with Crippen molar-refractivity contribution in [1.82, 2.24) is 0 Å². The SMILES string of the molecule is CCS(=O)(=O)CCCNc1ccc(Cl)c(Cl)c1. The third-order valence-corrected chi connectivity index (χ3v) is 4.85. The normalized spacial score (nSPS) is 11.5. The van der Waals surface area contributed by atoms with E-state index in [1.807, 2.05) is 6.07 Å². The first-order chi connectivity index (χ1) is 7.94. The summed E-state index contributed by atoms with van der Waals surface area (Å²) in [7, 11) is -2.88. The lowest BCUT2D eigenvalue weighted by Crippen LogP contribution is -2.12. The second-order valence-electron chi connectivity index (χ2n) is 3.65. The Hall–Kier alpha value is -0.450. The van der Waals surface area contributed by atoms with E-state index in [0.717, 1.165) is 5.69 Å². The van der Waals surface area contributed by atoms with Crippen LogP contribution in [-0.4, -0.2) is 26.5 Å². The second kappa shape index (κ2) is 6.47. The molecule has 0 radical (unpaired) electrons. The van der Waals surface area contributed by atoms with Crippen LogP contribution in [0.5, 0.6) is 0 Å². The van der Waals surface area contributed by atoms with E-state index in [1.165, 1.54) is 0 Å². The number of benzene rings is 1. The van der Waals surface area contributed by atoms with E-state index in [4.69, 9.17) is 23.2 Å². The summed E-state index contributed by atoms with van der Waals surface area (Å²) in [5.41, 5.74) is 0.841. The Labute approximate surface area is 112 Å². The largest absolute Gasteiger partial charge is 0.385 e. The highest BCUT2D eigenvalue weighted by atomic mass is 35.5. The first kappa shape index (κ1) is 14.6. The van der Waals surface area contributed by atoms with Crippen molar-refractivity contribution < 1.29 is 8.42 Å². The lowest BCUT2D eigenvalue weighted by molar-refractivity contribution is 0.595. The Kier molecular flexibility index (Phi) is 5.56. The second-order valence-corrected chi connectivity index (χ2v) is 6.93. The molecule has 0 unspecified atom stereocenters. The summed E-state index contributed by atoms with van der Waals surface area (Å²) >= 11 is 11.6. The average molecular weight is 296 g/mol. The Morgan fingerprint density at radius 1 is 1.24 bits per heavy atom. The maximum absolute atomic E-state index is 11.2. The Bertz CT molecular complexity index is 474. The van der Waals surface area contributed by atoms with E-state index in [-0.39, 0.29) is 11.5 Å². The molecule has 3 nitrogen and oxygen atoms in total. The molecule has 0 fully saturated rings. The van der Waals surface area contributed by atoms with Crippen LogP contribution in [0.4, 0.5) is 5.69 Å². The van der Waals surface area contributed by atoms with Crippen LogP contribution < -0.4 is 5.32 Å². The van der Waals surface area contributed by atoms with Gasteiger partial charge in [0.25, 0.3) is 0 Å². The fraction of sp³-hybridized carbons (Fsp3) is 0.455. The molecule has 6 heteroatoms. The number of anilines is 1. The molecule has 0 spiro atoms. The molecular weight excluding hydrogens is 281 g/mol. The van der Waals surface area contributed by atoms with Gasteiger partial charge in [0.05, 0.1) is 15.8 Å². The molecule has 1 rings (SSSR count). The van der Waals surface area contributed by atoms with E-state index in [2.05, 4.69) is 5.32 Å². The number of hydrogen-bond donors (Lipinski definition) is 1. The van der Waals surface area contributed by atoms with Gasteiger partial charge in [-0.25, -0.2) is 8.42 Å². The van der Waals surface area contributed by atoms with Crippen LogP contribution in [0.3, 0.4) is 0 Å².